The van der Waals surface area contributed by atoms with E-state index >= 15 is 0 Å². The lowest BCUT2D eigenvalue weighted by molar-refractivity contribution is 0.581. The smallest absolute Gasteiger partial charge is 0.153 e. The Hall–Kier alpha value is -1.84. The molecular weight excluding hydrogens is 212 g/mol. The predicted octanol–water partition coefficient (Wildman–Crippen LogP) is 2.64. The van der Waals surface area contributed by atoms with Crippen molar-refractivity contribution >= 4 is 5.82 Å². The fraction of sp³-hybridized carbons (Fsp3) is 0.385. The number of hydrogen-bond acceptors (Lipinski definition) is 3. The van der Waals surface area contributed by atoms with Gasteiger partial charge in [0.1, 0.15) is 0 Å². The Morgan fingerprint density at radius 1 is 1.29 bits per heavy atom. The number of nitrogens with zero attached hydrogens (tertiary/aromatic N) is 2. The first-order valence-corrected chi connectivity index (χ1v) is 5.91. The molecule has 0 saturated carbocycles. The van der Waals surface area contributed by atoms with Gasteiger partial charge in [-0.25, -0.2) is 0 Å². The molecule has 2 heterocycles. The lowest BCUT2D eigenvalue weighted by atomic mass is 10.0. The normalized spacial score (nSPS) is 11.0. The molecule has 0 aromatic carbocycles. The maximum Gasteiger partial charge on any atom is 0.153 e. The summed E-state index contributed by atoms with van der Waals surface area (Å²) in [5.74, 6) is 1.24. The molecule has 2 aromatic heterocycles. The Kier molecular flexibility index (Phi) is 3.42. The number of nitrogens with one attached hydrogen (secondary N) is 1. The van der Waals surface area contributed by atoms with Crippen molar-refractivity contribution < 1.29 is 0 Å². The van der Waals surface area contributed by atoms with E-state index in [1.54, 1.807) is 12.4 Å². The number of aromatic nitrogens is 3. The second kappa shape index (κ2) is 4.99. The van der Waals surface area contributed by atoms with Gasteiger partial charge < -0.3 is 5.73 Å². The number of pyridine rings is 1. The molecule has 17 heavy (non-hydrogen) atoms. The Bertz CT molecular complexity index is 473. The van der Waals surface area contributed by atoms with Gasteiger partial charge in [-0.3, -0.25) is 10.1 Å². The third-order valence-electron chi connectivity index (χ3n) is 2.81. The van der Waals surface area contributed by atoms with Gasteiger partial charge in [-0.15, -0.1) is 0 Å². The molecule has 0 atom stereocenters. The van der Waals surface area contributed by atoms with E-state index in [1.807, 2.05) is 12.1 Å². The van der Waals surface area contributed by atoms with Crippen molar-refractivity contribution in [3.05, 3.63) is 30.2 Å². The quantitative estimate of drug-likeness (QED) is 0.848. The summed E-state index contributed by atoms with van der Waals surface area (Å²) in [6, 6.07) is 3.92. The van der Waals surface area contributed by atoms with Crippen molar-refractivity contribution in [1.82, 2.24) is 15.2 Å². The summed E-state index contributed by atoms with van der Waals surface area (Å²) in [5.41, 5.74) is 9.13. The van der Waals surface area contributed by atoms with E-state index < -0.39 is 0 Å². The number of aromatic amines is 1. The van der Waals surface area contributed by atoms with Crippen LogP contribution < -0.4 is 5.73 Å². The van der Waals surface area contributed by atoms with Crippen molar-refractivity contribution in [3.63, 3.8) is 0 Å². The molecule has 0 aliphatic carbocycles. The molecular formula is C13H18N4. The molecule has 0 saturated heterocycles. The van der Waals surface area contributed by atoms with Gasteiger partial charge in [0.25, 0.3) is 0 Å². The first-order chi connectivity index (χ1) is 8.18. The minimum Gasteiger partial charge on any atom is -0.382 e. The van der Waals surface area contributed by atoms with Crippen LogP contribution in [-0.2, 0) is 6.42 Å². The molecule has 0 radical (unpaired) electrons. The van der Waals surface area contributed by atoms with Gasteiger partial charge in [0.15, 0.2) is 5.82 Å². The van der Waals surface area contributed by atoms with Crippen LogP contribution in [-0.4, -0.2) is 15.2 Å². The number of nitrogen functional groups attached to an aromatic ring is 1. The lowest BCUT2D eigenvalue weighted by Gasteiger charge is -2.06. The number of H-pyrrole nitrogens is 1. The molecule has 3 N–H and O–H groups in total. The molecule has 0 aliphatic rings. The highest BCUT2D eigenvalue weighted by Crippen LogP contribution is 2.28. The van der Waals surface area contributed by atoms with Crippen LogP contribution in [0.15, 0.2) is 24.5 Å². The molecule has 4 heteroatoms. The largest absolute Gasteiger partial charge is 0.382 e. The molecule has 0 spiro atoms. The molecule has 2 aromatic rings. The summed E-state index contributed by atoms with van der Waals surface area (Å²) < 4.78 is 0. The van der Waals surface area contributed by atoms with Crippen molar-refractivity contribution in [1.29, 1.82) is 0 Å². The van der Waals surface area contributed by atoms with Crippen LogP contribution in [0.4, 0.5) is 5.82 Å². The highest BCUT2D eigenvalue weighted by Gasteiger charge is 2.12. The maximum atomic E-state index is 5.92. The fourth-order valence-electron chi connectivity index (χ4n) is 1.85. The molecule has 2 rings (SSSR count). The summed E-state index contributed by atoms with van der Waals surface area (Å²) in [6.45, 7) is 4.43. The zero-order valence-electron chi connectivity index (χ0n) is 10.3. The molecule has 4 nitrogen and oxygen atoms in total. The topological polar surface area (TPSA) is 67.6 Å². The van der Waals surface area contributed by atoms with E-state index in [0.717, 1.165) is 29.7 Å². The van der Waals surface area contributed by atoms with E-state index in [9.17, 15) is 0 Å². The molecule has 0 unspecified atom stereocenters. The van der Waals surface area contributed by atoms with Crippen LogP contribution in [0.3, 0.4) is 0 Å². The standard InChI is InChI=1S/C13H18N4/c1-9(2)3-4-11-12(13(14)17-16-11)10-5-7-15-8-6-10/h5-9H,3-4H2,1-2H3,(H3,14,16,17). The monoisotopic (exact) mass is 230 g/mol. The van der Waals surface area contributed by atoms with Gasteiger partial charge in [-0.05, 0) is 36.5 Å². The van der Waals surface area contributed by atoms with Gasteiger partial charge in [-0.1, -0.05) is 13.8 Å². The van der Waals surface area contributed by atoms with Gasteiger partial charge >= 0.3 is 0 Å². The number of rotatable bonds is 4. The number of nitrogens with two attached hydrogens (primary N) is 1. The number of hydrogen-bond donors (Lipinski definition) is 2. The van der Waals surface area contributed by atoms with E-state index in [2.05, 4.69) is 29.0 Å². The third-order valence-corrected chi connectivity index (χ3v) is 2.81. The number of anilines is 1. The predicted molar refractivity (Wildman–Crippen MR) is 69.4 cm³/mol. The van der Waals surface area contributed by atoms with E-state index in [-0.39, 0.29) is 0 Å². The third kappa shape index (κ3) is 2.64. The van der Waals surface area contributed by atoms with Crippen molar-refractivity contribution in [2.75, 3.05) is 5.73 Å². The summed E-state index contributed by atoms with van der Waals surface area (Å²) >= 11 is 0. The summed E-state index contributed by atoms with van der Waals surface area (Å²) in [5, 5.41) is 7.14. The summed E-state index contributed by atoms with van der Waals surface area (Å²) in [7, 11) is 0. The van der Waals surface area contributed by atoms with Crippen LogP contribution in [0.25, 0.3) is 11.1 Å². The molecule has 90 valence electrons. The van der Waals surface area contributed by atoms with Crippen LogP contribution >= 0.6 is 0 Å². The SMILES string of the molecule is CC(C)CCc1[nH]nc(N)c1-c1ccncc1. The Morgan fingerprint density at radius 3 is 2.65 bits per heavy atom. The lowest BCUT2D eigenvalue weighted by Crippen LogP contribution is -1.95. The van der Waals surface area contributed by atoms with Gasteiger partial charge in [0.2, 0.25) is 0 Å². The van der Waals surface area contributed by atoms with Crippen molar-refractivity contribution in [2.45, 2.75) is 26.7 Å². The van der Waals surface area contributed by atoms with Crippen LogP contribution in [0.5, 0.6) is 0 Å². The van der Waals surface area contributed by atoms with Crippen LogP contribution in [0.2, 0.25) is 0 Å². The zero-order valence-corrected chi connectivity index (χ0v) is 10.3. The molecule has 0 bridgehead atoms. The average molecular weight is 230 g/mol. The summed E-state index contributed by atoms with van der Waals surface area (Å²) in [6.07, 6.45) is 5.64. The average Bonchev–Trinajstić information content (AvgIpc) is 2.69. The Morgan fingerprint density at radius 2 is 2.00 bits per heavy atom. The Balaban J connectivity index is 2.30. The second-order valence-corrected chi connectivity index (χ2v) is 4.63. The maximum absolute atomic E-state index is 5.92. The van der Waals surface area contributed by atoms with Crippen molar-refractivity contribution in [2.24, 2.45) is 5.92 Å². The highest BCUT2D eigenvalue weighted by molar-refractivity contribution is 5.75. The van der Waals surface area contributed by atoms with Gasteiger partial charge in [0, 0.05) is 23.7 Å². The van der Waals surface area contributed by atoms with Gasteiger partial charge in [-0.2, -0.15) is 5.10 Å². The van der Waals surface area contributed by atoms with E-state index in [4.69, 9.17) is 5.73 Å². The molecule has 0 aliphatic heterocycles. The fourth-order valence-corrected chi connectivity index (χ4v) is 1.85. The number of aryl methyl sites for hydroxylation is 1. The Labute approximate surface area is 101 Å². The minimum atomic E-state index is 0.565. The van der Waals surface area contributed by atoms with E-state index in [0.29, 0.717) is 11.7 Å². The van der Waals surface area contributed by atoms with E-state index in [1.165, 1.54) is 0 Å². The van der Waals surface area contributed by atoms with Crippen LogP contribution in [0, 0.1) is 5.92 Å². The zero-order chi connectivity index (χ0) is 12.3. The first-order valence-electron chi connectivity index (χ1n) is 5.91. The second-order valence-electron chi connectivity index (χ2n) is 4.63. The first kappa shape index (κ1) is 11.6. The molecule has 0 amide bonds. The molecule has 0 fully saturated rings. The summed E-state index contributed by atoms with van der Waals surface area (Å²) in [4.78, 5) is 4.02. The van der Waals surface area contributed by atoms with Gasteiger partial charge in [0.05, 0.1) is 0 Å². The van der Waals surface area contributed by atoms with Crippen LogP contribution in [0.1, 0.15) is 26.0 Å². The highest BCUT2D eigenvalue weighted by atomic mass is 15.2. The van der Waals surface area contributed by atoms with Crippen molar-refractivity contribution in [3.8, 4) is 11.1 Å². The minimum absolute atomic E-state index is 0.565.